The SMILES string of the molecule is CC(C)CC(=O)N(c1ccc(Cl)c(C(C)C)c1C(C)C)C(C)C. The lowest BCUT2D eigenvalue weighted by Gasteiger charge is -2.33. The van der Waals surface area contributed by atoms with Crippen LogP contribution in [0, 0.1) is 5.92 Å². The summed E-state index contributed by atoms with van der Waals surface area (Å²) < 4.78 is 0. The van der Waals surface area contributed by atoms with Gasteiger partial charge in [0.05, 0.1) is 0 Å². The van der Waals surface area contributed by atoms with Crippen molar-refractivity contribution in [2.24, 2.45) is 5.92 Å². The zero-order chi connectivity index (χ0) is 17.9. The van der Waals surface area contributed by atoms with Crippen molar-refractivity contribution in [3.8, 4) is 0 Å². The fraction of sp³-hybridized carbons (Fsp3) is 0.650. The van der Waals surface area contributed by atoms with Gasteiger partial charge >= 0.3 is 0 Å². The molecule has 0 aliphatic heterocycles. The van der Waals surface area contributed by atoms with Crippen LogP contribution in [-0.4, -0.2) is 11.9 Å². The first-order valence-electron chi connectivity index (χ1n) is 8.72. The summed E-state index contributed by atoms with van der Waals surface area (Å²) in [6.07, 6.45) is 0.565. The minimum Gasteiger partial charge on any atom is -0.310 e. The number of benzene rings is 1. The molecule has 2 nitrogen and oxygen atoms in total. The Kier molecular flexibility index (Phi) is 7.13. The number of nitrogens with zero attached hydrogens (tertiary/aromatic N) is 1. The molecular formula is C20H32ClNO. The van der Waals surface area contributed by atoms with E-state index < -0.39 is 0 Å². The lowest BCUT2D eigenvalue weighted by molar-refractivity contribution is -0.119. The largest absolute Gasteiger partial charge is 0.310 e. The first-order valence-corrected chi connectivity index (χ1v) is 9.10. The van der Waals surface area contributed by atoms with Gasteiger partial charge in [-0.2, -0.15) is 0 Å². The summed E-state index contributed by atoms with van der Waals surface area (Å²) in [7, 11) is 0. The Morgan fingerprint density at radius 2 is 1.48 bits per heavy atom. The van der Waals surface area contributed by atoms with Gasteiger partial charge < -0.3 is 4.90 Å². The van der Waals surface area contributed by atoms with E-state index in [0.29, 0.717) is 24.2 Å². The van der Waals surface area contributed by atoms with Crippen molar-refractivity contribution in [1.29, 1.82) is 0 Å². The number of amides is 1. The molecule has 0 unspecified atom stereocenters. The van der Waals surface area contributed by atoms with Gasteiger partial charge in [0.2, 0.25) is 5.91 Å². The van der Waals surface area contributed by atoms with Crippen LogP contribution in [-0.2, 0) is 4.79 Å². The fourth-order valence-corrected chi connectivity index (χ4v) is 3.53. The van der Waals surface area contributed by atoms with Crippen molar-refractivity contribution in [2.75, 3.05) is 4.90 Å². The third-order valence-electron chi connectivity index (χ3n) is 3.99. The molecule has 0 saturated carbocycles. The van der Waals surface area contributed by atoms with Gasteiger partial charge in [-0.15, -0.1) is 0 Å². The van der Waals surface area contributed by atoms with E-state index in [9.17, 15) is 4.79 Å². The van der Waals surface area contributed by atoms with Crippen molar-refractivity contribution in [1.82, 2.24) is 0 Å². The van der Waals surface area contributed by atoms with E-state index in [1.165, 1.54) is 11.1 Å². The molecule has 0 bridgehead atoms. The predicted molar refractivity (Wildman–Crippen MR) is 102 cm³/mol. The summed E-state index contributed by atoms with van der Waals surface area (Å²) in [5, 5.41) is 0.799. The standard InChI is InChI=1S/C20H32ClNO/c1-12(2)11-18(23)22(15(7)8)17-10-9-16(21)19(13(3)4)20(17)14(5)6/h9-10,12-15H,11H2,1-8H3. The predicted octanol–water partition coefficient (Wildman–Crippen LogP) is 6.37. The zero-order valence-corrected chi connectivity index (χ0v) is 16.7. The Morgan fingerprint density at radius 3 is 1.87 bits per heavy atom. The lowest BCUT2D eigenvalue weighted by atomic mass is 9.88. The highest BCUT2D eigenvalue weighted by Crippen LogP contribution is 2.40. The van der Waals surface area contributed by atoms with E-state index in [2.05, 4.69) is 55.4 Å². The summed E-state index contributed by atoms with van der Waals surface area (Å²) in [4.78, 5) is 14.8. The molecule has 3 heteroatoms. The Labute approximate surface area is 147 Å². The molecule has 1 rings (SSSR count). The van der Waals surface area contributed by atoms with Crippen molar-refractivity contribution < 1.29 is 4.79 Å². The molecule has 0 aromatic heterocycles. The van der Waals surface area contributed by atoms with E-state index >= 15 is 0 Å². The van der Waals surface area contributed by atoms with Crippen molar-refractivity contribution in [2.45, 2.75) is 79.7 Å². The van der Waals surface area contributed by atoms with Crippen LogP contribution in [0.25, 0.3) is 0 Å². The van der Waals surface area contributed by atoms with Crippen LogP contribution in [0.15, 0.2) is 12.1 Å². The van der Waals surface area contributed by atoms with Crippen LogP contribution in [0.4, 0.5) is 5.69 Å². The molecule has 0 spiro atoms. The number of rotatable bonds is 6. The number of anilines is 1. The Balaban J connectivity index is 3.54. The maximum atomic E-state index is 12.8. The molecule has 0 N–H and O–H groups in total. The summed E-state index contributed by atoms with van der Waals surface area (Å²) in [5.41, 5.74) is 3.40. The van der Waals surface area contributed by atoms with E-state index in [0.717, 1.165) is 10.7 Å². The Hall–Kier alpha value is -1.02. The van der Waals surface area contributed by atoms with E-state index in [4.69, 9.17) is 11.6 Å². The second kappa shape index (κ2) is 8.19. The fourth-order valence-electron chi connectivity index (χ4n) is 3.15. The van der Waals surface area contributed by atoms with E-state index in [1.807, 2.05) is 17.0 Å². The van der Waals surface area contributed by atoms with Gasteiger partial charge in [0.1, 0.15) is 0 Å². The highest BCUT2D eigenvalue weighted by molar-refractivity contribution is 6.31. The average Bonchev–Trinajstić information content (AvgIpc) is 2.38. The lowest BCUT2D eigenvalue weighted by Crippen LogP contribution is -2.38. The monoisotopic (exact) mass is 337 g/mol. The molecule has 1 amide bonds. The third kappa shape index (κ3) is 4.73. The van der Waals surface area contributed by atoms with Crippen molar-refractivity contribution >= 4 is 23.2 Å². The topological polar surface area (TPSA) is 20.3 Å². The number of halogens is 1. The van der Waals surface area contributed by atoms with E-state index in [1.54, 1.807) is 0 Å². The minimum absolute atomic E-state index is 0.125. The highest BCUT2D eigenvalue weighted by Gasteiger charge is 2.26. The van der Waals surface area contributed by atoms with Crippen LogP contribution in [0.3, 0.4) is 0 Å². The van der Waals surface area contributed by atoms with E-state index in [-0.39, 0.29) is 11.9 Å². The minimum atomic E-state index is 0.125. The first kappa shape index (κ1) is 20.0. The molecular weight excluding hydrogens is 306 g/mol. The smallest absolute Gasteiger partial charge is 0.227 e. The zero-order valence-electron chi connectivity index (χ0n) is 15.9. The Morgan fingerprint density at radius 1 is 0.957 bits per heavy atom. The first-order chi connectivity index (χ1) is 10.6. The van der Waals surface area contributed by atoms with Crippen molar-refractivity contribution in [3.63, 3.8) is 0 Å². The maximum absolute atomic E-state index is 12.8. The van der Waals surface area contributed by atoms with Crippen molar-refractivity contribution in [3.05, 3.63) is 28.3 Å². The molecule has 0 heterocycles. The molecule has 0 aliphatic rings. The van der Waals surface area contributed by atoms with Gasteiger partial charge in [0.25, 0.3) is 0 Å². The van der Waals surface area contributed by atoms with Crippen LogP contribution in [0.5, 0.6) is 0 Å². The second-order valence-corrected chi connectivity index (χ2v) is 8.07. The molecule has 0 fully saturated rings. The quantitative estimate of drug-likeness (QED) is 0.590. The average molecular weight is 338 g/mol. The number of hydrogen-bond donors (Lipinski definition) is 0. The second-order valence-electron chi connectivity index (χ2n) is 7.66. The molecule has 0 radical (unpaired) electrons. The molecule has 1 aromatic rings. The normalized spacial score (nSPS) is 11.9. The van der Waals surface area contributed by atoms with Crippen LogP contribution in [0.2, 0.25) is 5.02 Å². The van der Waals surface area contributed by atoms with Crippen LogP contribution < -0.4 is 4.90 Å². The van der Waals surface area contributed by atoms with Gasteiger partial charge in [-0.1, -0.05) is 53.1 Å². The van der Waals surface area contributed by atoms with Crippen LogP contribution in [0.1, 0.15) is 84.8 Å². The van der Waals surface area contributed by atoms with Gasteiger partial charge in [0, 0.05) is 23.2 Å². The maximum Gasteiger partial charge on any atom is 0.227 e. The number of carbonyl (C=O) groups excluding carboxylic acids is 1. The Bertz CT molecular complexity index is 547. The molecule has 130 valence electrons. The number of carbonyl (C=O) groups is 1. The summed E-state index contributed by atoms with van der Waals surface area (Å²) in [6, 6.07) is 4.08. The van der Waals surface area contributed by atoms with Gasteiger partial charge in [-0.25, -0.2) is 0 Å². The van der Waals surface area contributed by atoms with Gasteiger partial charge in [0.15, 0.2) is 0 Å². The number of hydrogen-bond acceptors (Lipinski definition) is 1. The summed E-state index contributed by atoms with van der Waals surface area (Å²) >= 11 is 6.49. The molecule has 0 atom stereocenters. The third-order valence-corrected chi connectivity index (χ3v) is 4.32. The highest BCUT2D eigenvalue weighted by atomic mass is 35.5. The molecule has 0 saturated heterocycles. The van der Waals surface area contributed by atoms with Crippen LogP contribution >= 0.6 is 11.6 Å². The van der Waals surface area contributed by atoms with Gasteiger partial charge in [-0.3, -0.25) is 4.79 Å². The molecule has 23 heavy (non-hydrogen) atoms. The molecule has 1 aromatic carbocycles. The summed E-state index contributed by atoms with van der Waals surface area (Å²) in [6.45, 7) is 17.0. The van der Waals surface area contributed by atoms with Gasteiger partial charge in [-0.05, 0) is 54.9 Å². The summed E-state index contributed by atoms with van der Waals surface area (Å²) in [5.74, 6) is 1.18. The molecule has 0 aliphatic carbocycles.